The third-order valence-corrected chi connectivity index (χ3v) is 3.72. The molecular weight excluding hydrogens is 316 g/mol. The quantitative estimate of drug-likeness (QED) is 0.807. The van der Waals surface area contributed by atoms with E-state index in [2.05, 4.69) is 4.74 Å². The number of phenols is 1. The van der Waals surface area contributed by atoms with E-state index in [9.17, 15) is 9.90 Å². The fourth-order valence-corrected chi connectivity index (χ4v) is 2.40. The number of rotatable bonds is 5. The Kier molecular flexibility index (Phi) is 5.50. The minimum Gasteiger partial charge on any atom is -0.508 e. The predicted molar refractivity (Wildman–Crippen MR) is 89.4 cm³/mol. The van der Waals surface area contributed by atoms with Crippen LogP contribution in [0.3, 0.4) is 0 Å². The number of carbonyl (C=O) groups excluding carboxylic acids is 1. The van der Waals surface area contributed by atoms with Crippen molar-refractivity contribution in [1.29, 1.82) is 0 Å². The average molecular weight is 335 g/mol. The van der Waals surface area contributed by atoms with Crippen molar-refractivity contribution in [3.05, 3.63) is 52.5 Å². The Morgan fingerprint density at radius 2 is 1.96 bits per heavy atom. The molecule has 0 heterocycles. The lowest BCUT2D eigenvalue weighted by molar-refractivity contribution is -0.139. The summed E-state index contributed by atoms with van der Waals surface area (Å²) >= 11 is 6.21. The highest BCUT2D eigenvalue weighted by Crippen LogP contribution is 2.34. The molecule has 5 heteroatoms. The average Bonchev–Trinajstić information content (AvgIpc) is 2.51. The van der Waals surface area contributed by atoms with Crippen LogP contribution in [0.4, 0.5) is 0 Å². The number of hydrogen-bond acceptors (Lipinski definition) is 4. The minimum atomic E-state index is -0.324. The van der Waals surface area contributed by atoms with Crippen molar-refractivity contribution < 1.29 is 19.4 Å². The number of ether oxygens (including phenoxy) is 2. The second-order valence-corrected chi connectivity index (χ2v) is 5.90. The van der Waals surface area contributed by atoms with Gasteiger partial charge in [-0.2, -0.15) is 0 Å². The minimum absolute atomic E-state index is 0.160. The molecule has 0 saturated carbocycles. The number of methoxy groups -OCH3 is 1. The lowest BCUT2D eigenvalue weighted by Gasteiger charge is -2.13. The molecule has 0 saturated heterocycles. The van der Waals surface area contributed by atoms with Gasteiger partial charge in [-0.15, -0.1) is 0 Å². The molecule has 0 radical (unpaired) electrons. The molecule has 0 aliphatic carbocycles. The van der Waals surface area contributed by atoms with E-state index in [4.69, 9.17) is 16.3 Å². The van der Waals surface area contributed by atoms with Gasteiger partial charge in [0, 0.05) is 5.56 Å². The largest absolute Gasteiger partial charge is 0.508 e. The third-order valence-electron chi connectivity index (χ3n) is 3.42. The van der Waals surface area contributed by atoms with Gasteiger partial charge in [0.1, 0.15) is 17.2 Å². The zero-order valence-corrected chi connectivity index (χ0v) is 14.1. The van der Waals surface area contributed by atoms with E-state index in [1.165, 1.54) is 7.11 Å². The van der Waals surface area contributed by atoms with E-state index in [0.717, 1.165) is 11.1 Å². The third kappa shape index (κ3) is 4.39. The Labute approximate surface area is 140 Å². The maximum absolute atomic E-state index is 11.3. The van der Waals surface area contributed by atoms with Crippen LogP contribution < -0.4 is 4.74 Å². The van der Waals surface area contributed by atoms with Gasteiger partial charge >= 0.3 is 5.97 Å². The van der Waals surface area contributed by atoms with Crippen LogP contribution in [0.25, 0.3) is 0 Å². The Balaban J connectivity index is 2.20. The summed E-state index contributed by atoms with van der Waals surface area (Å²) in [5, 5.41) is 10.3. The molecular formula is C18H19ClO4. The number of aromatic hydroxyl groups is 1. The van der Waals surface area contributed by atoms with Crippen LogP contribution in [0.5, 0.6) is 17.2 Å². The molecule has 0 aromatic heterocycles. The van der Waals surface area contributed by atoms with Crippen molar-refractivity contribution in [3.8, 4) is 17.2 Å². The zero-order chi connectivity index (χ0) is 17.0. The van der Waals surface area contributed by atoms with Crippen molar-refractivity contribution in [3.63, 3.8) is 0 Å². The molecule has 0 aliphatic rings. The summed E-state index contributed by atoms with van der Waals surface area (Å²) in [6.45, 7) is 3.99. The van der Waals surface area contributed by atoms with E-state index < -0.39 is 0 Å². The van der Waals surface area contributed by atoms with Gasteiger partial charge in [0.15, 0.2) is 0 Å². The number of halogens is 1. The highest BCUT2D eigenvalue weighted by Gasteiger charge is 2.11. The molecule has 2 rings (SSSR count). The second kappa shape index (κ2) is 7.38. The van der Waals surface area contributed by atoms with Crippen LogP contribution in [0.15, 0.2) is 36.4 Å². The first kappa shape index (κ1) is 17.2. The van der Waals surface area contributed by atoms with Gasteiger partial charge in [-0.1, -0.05) is 31.5 Å². The SMILES string of the molecule is COC(=O)Cc1ccc(Oc2ccc(O)c(C(C)C)c2)c(Cl)c1. The van der Waals surface area contributed by atoms with Crippen molar-refractivity contribution in [2.24, 2.45) is 0 Å². The Morgan fingerprint density at radius 1 is 1.22 bits per heavy atom. The van der Waals surface area contributed by atoms with Crippen LogP contribution in [-0.4, -0.2) is 18.2 Å². The van der Waals surface area contributed by atoms with Crippen LogP contribution in [-0.2, 0) is 16.0 Å². The van der Waals surface area contributed by atoms with Crippen LogP contribution in [0, 0.1) is 0 Å². The molecule has 0 bridgehead atoms. The van der Waals surface area contributed by atoms with Gasteiger partial charge in [-0.3, -0.25) is 4.79 Å². The number of phenolic OH excluding ortho intramolecular Hbond substituents is 1. The fourth-order valence-electron chi connectivity index (χ4n) is 2.16. The molecule has 0 spiro atoms. The predicted octanol–water partition coefficient (Wildman–Crippen LogP) is 4.68. The molecule has 1 N–H and O–H groups in total. The van der Waals surface area contributed by atoms with Gasteiger partial charge in [0.25, 0.3) is 0 Å². The zero-order valence-electron chi connectivity index (χ0n) is 13.3. The normalized spacial score (nSPS) is 10.7. The molecule has 0 aliphatic heterocycles. The van der Waals surface area contributed by atoms with E-state index >= 15 is 0 Å². The van der Waals surface area contributed by atoms with E-state index in [1.54, 1.807) is 36.4 Å². The van der Waals surface area contributed by atoms with Gasteiger partial charge in [-0.25, -0.2) is 0 Å². The molecule has 23 heavy (non-hydrogen) atoms. The molecule has 0 amide bonds. The van der Waals surface area contributed by atoms with E-state index in [1.807, 2.05) is 13.8 Å². The summed E-state index contributed by atoms with van der Waals surface area (Å²) in [5.41, 5.74) is 1.56. The highest BCUT2D eigenvalue weighted by atomic mass is 35.5. The molecule has 2 aromatic carbocycles. The lowest BCUT2D eigenvalue weighted by Crippen LogP contribution is -2.04. The van der Waals surface area contributed by atoms with E-state index in [0.29, 0.717) is 16.5 Å². The molecule has 4 nitrogen and oxygen atoms in total. The van der Waals surface area contributed by atoms with Crippen molar-refractivity contribution in [2.75, 3.05) is 7.11 Å². The van der Waals surface area contributed by atoms with Crippen LogP contribution in [0.1, 0.15) is 30.9 Å². The van der Waals surface area contributed by atoms with E-state index in [-0.39, 0.29) is 24.1 Å². The number of benzene rings is 2. The monoisotopic (exact) mass is 334 g/mol. The van der Waals surface area contributed by atoms with Crippen LogP contribution in [0.2, 0.25) is 5.02 Å². The van der Waals surface area contributed by atoms with Crippen LogP contribution >= 0.6 is 11.6 Å². The summed E-state index contributed by atoms with van der Waals surface area (Å²) in [6, 6.07) is 10.2. The number of esters is 1. The number of carbonyl (C=O) groups is 1. The van der Waals surface area contributed by atoms with Crippen molar-refractivity contribution >= 4 is 17.6 Å². The summed E-state index contributed by atoms with van der Waals surface area (Å²) < 4.78 is 10.4. The summed E-state index contributed by atoms with van der Waals surface area (Å²) in [4.78, 5) is 11.3. The maximum Gasteiger partial charge on any atom is 0.309 e. The number of hydrogen-bond donors (Lipinski definition) is 1. The smallest absolute Gasteiger partial charge is 0.309 e. The molecule has 2 aromatic rings. The van der Waals surface area contributed by atoms with Crippen molar-refractivity contribution in [1.82, 2.24) is 0 Å². The Bertz CT molecular complexity index is 710. The first-order valence-electron chi connectivity index (χ1n) is 7.26. The summed E-state index contributed by atoms with van der Waals surface area (Å²) in [5.74, 6) is 1.17. The molecule has 0 atom stereocenters. The first-order chi connectivity index (χ1) is 10.9. The fraction of sp³-hybridized carbons (Fsp3) is 0.278. The first-order valence-corrected chi connectivity index (χ1v) is 7.64. The van der Waals surface area contributed by atoms with Gasteiger partial charge in [0.05, 0.1) is 18.6 Å². The Hall–Kier alpha value is -2.20. The molecule has 0 fully saturated rings. The molecule has 0 unspecified atom stereocenters. The maximum atomic E-state index is 11.3. The summed E-state index contributed by atoms with van der Waals surface area (Å²) in [6.07, 6.45) is 0.160. The van der Waals surface area contributed by atoms with Gasteiger partial charge in [0.2, 0.25) is 0 Å². The van der Waals surface area contributed by atoms with Gasteiger partial charge in [-0.05, 0) is 41.8 Å². The van der Waals surface area contributed by atoms with Gasteiger partial charge < -0.3 is 14.6 Å². The topological polar surface area (TPSA) is 55.8 Å². The standard InChI is InChI=1S/C18H19ClO4/c1-11(2)14-10-13(5-6-16(14)20)23-17-7-4-12(8-15(17)19)9-18(21)22-3/h4-8,10-11,20H,9H2,1-3H3. The second-order valence-electron chi connectivity index (χ2n) is 5.50. The summed E-state index contributed by atoms with van der Waals surface area (Å²) in [7, 11) is 1.35. The lowest BCUT2D eigenvalue weighted by atomic mass is 10.0. The molecule has 122 valence electrons. The van der Waals surface area contributed by atoms with Crippen molar-refractivity contribution in [2.45, 2.75) is 26.2 Å². The Morgan fingerprint density at radius 3 is 2.57 bits per heavy atom. The highest BCUT2D eigenvalue weighted by molar-refractivity contribution is 6.32.